The Morgan fingerprint density at radius 1 is 1.39 bits per heavy atom. The second kappa shape index (κ2) is 7.21. The molecule has 3 heteroatoms. The standard InChI is InChI=1S/C15H13NS2/c1-2-14(18-15-16-11-12-17-15)10-6-9-13-7-4-3-5-8-13/h1,3-5,7-8,14H,10-12H2. The monoisotopic (exact) mass is 271 g/mol. The molecule has 1 aromatic carbocycles. The first-order valence-electron chi connectivity index (χ1n) is 5.72. The van der Waals surface area contributed by atoms with E-state index in [0.717, 1.165) is 22.2 Å². The van der Waals surface area contributed by atoms with Crippen LogP contribution in [-0.2, 0) is 0 Å². The lowest BCUT2D eigenvalue weighted by molar-refractivity contribution is 1.15. The third-order valence-electron chi connectivity index (χ3n) is 2.28. The van der Waals surface area contributed by atoms with Gasteiger partial charge in [0.1, 0.15) is 4.38 Å². The molecular weight excluding hydrogens is 258 g/mol. The lowest BCUT2D eigenvalue weighted by atomic mass is 10.2. The SMILES string of the molecule is C#CC(CC#Cc1ccccc1)SC1=NCCS1. The molecule has 1 atom stereocenters. The van der Waals surface area contributed by atoms with Crippen molar-refractivity contribution >= 4 is 27.9 Å². The summed E-state index contributed by atoms with van der Waals surface area (Å²) in [6, 6.07) is 9.97. The quantitative estimate of drug-likeness (QED) is 0.765. The zero-order chi connectivity index (χ0) is 12.6. The summed E-state index contributed by atoms with van der Waals surface area (Å²) in [5.41, 5.74) is 1.03. The Bertz CT molecular complexity index is 517. The fraction of sp³-hybridized carbons (Fsp3) is 0.267. The molecule has 1 heterocycles. The smallest absolute Gasteiger partial charge is 0.125 e. The van der Waals surface area contributed by atoms with Crippen LogP contribution < -0.4 is 0 Å². The normalized spacial score (nSPS) is 15.2. The van der Waals surface area contributed by atoms with Gasteiger partial charge in [0.05, 0.1) is 11.8 Å². The van der Waals surface area contributed by atoms with Crippen LogP contribution in [0.15, 0.2) is 35.3 Å². The minimum Gasteiger partial charge on any atom is -0.271 e. The molecule has 0 amide bonds. The van der Waals surface area contributed by atoms with Crippen molar-refractivity contribution in [3.8, 4) is 24.2 Å². The number of hydrogen-bond donors (Lipinski definition) is 0. The Labute approximate surface area is 117 Å². The molecule has 0 saturated carbocycles. The summed E-state index contributed by atoms with van der Waals surface area (Å²) in [4.78, 5) is 4.39. The van der Waals surface area contributed by atoms with E-state index < -0.39 is 0 Å². The molecule has 0 saturated heterocycles. The van der Waals surface area contributed by atoms with Crippen LogP contribution in [0, 0.1) is 24.2 Å². The van der Waals surface area contributed by atoms with Crippen molar-refractivity contribution < 1.29 is 0 Å². The van der Waals surface area contributed by atoms with Gasteiger partial charge in [-0.05, 0) is 12.1 Å². The molecule has 0 bridgehead atoms. The van der Waals surface area contributed by atoms with Gasteiger partial charge in [-0.3, -0.25) is 4.99 Å². The molecule has 1 aromatic rings. The van der Waals surface area contributed by atoms with E-state index in [0.29, 0.717) is 6.42 Å². The summed E-state index contributed by atoms with van der Waals surface area (Å²) in [5, 5.41) is 0.102. The number of thioether (sulfide) groups is 2. The molecule has 0 spiro atoms. The summed E-state index contributed by atoms with van der Waals surface area (Å²) >= 11 is 3.45. The second-order valence-electron chi connectivity index (χ2n) is 3.64. The van der Waals surface area contributed by atoms with Crippen molar-refractivity contribution in [1.82, 2.24) is 0 Å². The van der Waals surface area contributed by atoms with Gasteiger partial charge < -0.3 is 0 Å². The highest BCUT2D eigenvalue weighted by atomic mass is 32.2. The Morgan fingerprint density at radius 3 is 2.89 bits per heavy atom. The summed E-state index contributed by atoms with van der Waals surface area (Å²) in [6.45, 7) is 0.917. The third-order valence-corrected chi connectivity index (χ3v) is 4.60. The summed E-state index contributed by atoms with van der Waals surface area (Å²) in [5.74, 6) is 10.1. The van der Waals surface area contributed by atoms with E-state index in [-0.39, 0.29) is 5.25 Å². The Balaban J connectivity index is 1.88. The van der Waals surface area contributed by atoms with Gasteiger partial charge in [-0.25, -0.2) is 0 Å². The number of rotatable bonds is 2. The largest absolute Gasteiger partial charge is 0.271 e. The summed E-state index contributed by atoms with van der Waals surface area (Å²) < 4.78 is 1.11. The molecule has 1 aliphatic rings. The molecule has 0 fully saturated rings. The van der Waals surface area contributed by atoms with Gasteiger partial charge in [-0.15, -0.1) is 6.42 Å². The first-order valence-corrected chi connectivity index (χ1v) is 7.59. The van der Waals surface area contributed by atoms with Crippen LogP contribution in [0.1, 0.15) is 12.0 Å². The van der Waals surface area contributed by atoms with E-state index in [9.17, 15) is 0 Å². The molecule has 0 radical (unpaired) electrons. The first-order chi connectivity index (χ1) is 8.88. The van der Waals surface area contributed by atoms with E-state index >= 15 is 0 Å². The molecule has 1 unspecified atom stereocenters. The van der Waals surface area contributed by atoms with Gasteiger partial charge in [0.2, 0.25) is 0 Å². The lowest BCUT2D eigenvalue weighted by Gasteiger charge is -2.04. The van der Waals surface area contributed by atoms with Crippen LogP contribution in [0.4, 0.5) is 0 Å². The Morgan fingerprint density at radius 2 is 2.22 bits per heavy atom. The van der Waals surface area contributed by atoms with E-state index in [1.54, 1.807) is 23.5 Å². The minimum atomic E-state index is 0.102. The van der Waals surface area contributed by atoms with E-state index in [1.165, 1.54) is 0 Å². The average Bonchev–Trinajstić information content (AvgIpc) is 2.92. The minimum absolute atomic E-state index is 0.102. The van der Waals surface area contributed by atoms with Gasteiger partial charge in [0, 0.05) is 17.7 Å². The number of nitrogens with zero attached hydrogens (tertiary/aromatic N) is 1. The van der Waals surface area contributed by atoms with Crippen LogP contribution in [-0.4, -0.2) is 21.9 Å². The number of terminal acetylenes is 1. The van der Waals surface area contributed by atoms with Crippen molar-refractivity contribution in [2.24, 2.45) is 4.99 Å². The van der Waals surface area contributed by atoms with E-state index in [4.69, 9.17) is 6.42 Å². The second-order valence-corrected chi connectivity index (χ2v) is 6.17. The summed E-state index contributed by atoms with van der Waals surface area (Å²) in [6.07, 6.45) is 6.23. The van der Waals surface area contributed by atoms with Gasteiger partial charge in [0.25, 0.3) is 0 Å². The van der Waals surface area contributed by atoms with Crippen molar-refractivity contribution in [3.05, 3.63) is 35.9 Å². The van der Waals surface area contributed by atoms with E-state index in [1.807, 2.05) is 30.3 Å². The Kier molecular flexibility index (Phi) is 5.27. The van der Waals surface area contributed by atoms with Crippen molar-refractivity contribution in [3.63, 3.8) is 0 Å². The zero-order valence-electron chi connectivity index (χ0n) is 9.93. The van der Waals surface area contributed by atoms with Crippen molar-refractivity contribution in [1.29, 1.82) is 0 Å². The predicted octanol–water partition coefficient (Wildman–Crippen LogP) is 3.27. The van der Waals surface area contributed by atoms with E-state index in [2.05, 4.69) is 22.8 Å². The number of benzene rings is 1. The highest BCUT2D eigenvalue weighted by Crippen LogP contribution is 2.26. The lowest BCUT2D eigenvalue weighted by Crippen LogP contribution is -2.00. The molecule has 0 aromatic heterocycles. The zero-order valence-corrected chi connectivity index (χ0v) is 11.6. The van der Waals surface area contributed by atoms with Gasteiger partial charge in [-0.2, -0.15) is 0 Å². The van der Waals surface area contributed by atoms with Gasteiger partial charge in [0.15, 0.2) is 0 Å². The number of hydrogen-bond acceptors (Lipinski definition) is 3. The fourth-order valence-electron chi connectivity index (χ4n) is 1.41. The highest BCUT2D eigenvalue weighted by molar-refractivity contribution is 8.39. The van der Waals surface area contributed by atoms with Gasteiger partial charge in [-0.1, -0.05) is 59.5 Å². The predicted molar refractivity (Wildman–Crippen MR) is 82.9 cm³/mol. The third kappa shape index (κ3) is 4.18. The Hall–Kier alpha value is -1.29. The van der Waals surface area contributed by atoms with Crippen LogP contribution in [0.3, 0.4) is 0 Å². The maximum atomic E-state index is 5.53. The van der Waals surface area contributed by atoms with Crippen LogP contribution in [0.5, 0.6) is 0 Å². The van der Waals surface area contributed by atoms with Gasteiger partial charge >= 0.3 is 0 Å². The summed E-state index contributed by atoms with van der Waals surface area (Å²) in [7, 11) is 0. The molecule has 1 aliphatic heterocycles. The van der Waals surface area contributed by atoms with Crippen molar-refractivity contribution in [2.45, 2.75) is 11.7 Å². The van der Waals surface area contributed by atoms with Crippen LogP contribution in [0.25, 0.3) is 0 Å². The topological polar surface area (TPSA) is 12.4 Å². The molecule has 0 N–H and O–H groups in total. The van der Waals surface area contributed by atoms with Crippen LogP contribution >= 0.6 is 23.5 Å². The molecule has 2 rings (SSSR count). The molecule has 0 aliphatic carbocycles. The number of aliphatic imine (C=N–C) groups is 1. The maximum Gasteiger partial charge on any atom is 0.125 e. The molecule has 1 nitrogen and oxygen atoms in total. The molecular formula is C15H13NS2. The highest BCUT2D eigenvalue weighted by Gasteiger charge is 2.13. The fourth-order valence-corrected chi connectivity index (χ4v) is 3.46. The maximum absolute atomic E-state index is 5.53. The molecule has 18 heavy (non-hydrogen) atoms. The average molecular weight is 271 g/mol. The van der Waals surface area contributed by atoms with Crippen LogP contribution in [0.2, 0.25) is 0 Å². The molecule has 90 valence electrons. The van der Waals surface area contributed by atoms with Crippen molar-refractivity contribution in [2.75, 3.05) is 12.3 Å². The first kappa shape index (κ1) is 13.1.